The van der Waals surface area contributed by atoms with Crippen LogP contribution < -0.4 is 0 Å². The highest BCUT2D eigenvalue weighted by Gasteiger charge is 2.32. The second-order valence-corrected chi connectivity index (χ2v) is 12.5. The fourth-order valence-corrected chi connectivity index (χ4v) is 6.19. The van der Waals surface area contributed by atoms with Crippen molar-refractivity contribution in [2.45, 2.75) is 119 Å². The maximum atomic E-state index is 8.87. The van der Waals surface area contributed by atoms with Crippen LogP contribution in [0.2, 0.25) is 0 Å². The van der Waals surface area contributed by atoms with E-state index in [0.29, 0.717) is 37.1 Å². The van der Waals surface area contributed by atoms with E-state index in [2.05, 4.69) is 66.1 Å². The molecule has 4 nitrogen and oxygen atoms in total. The van der Waals surface area contributed by atoms with Gasteiger partial charge in [0.1, 0.15) is 0 Å². The van der Waals surface area contributed by atoms with Crippen molar-refractivity contribution in [1.29, 1.82) is 5.26 Å². The van der Waals surface area contributed by atoms with Crippen molar-refractivity contribution in [3.63, 3.8) is 0 Å². The van der Waals surface area contributed by atoms with E-state index < -0.39 is 8.53 Å². The molecule has 29 heavy (non-hydrogen) atoms. The molecule has 0 radical (unpaired) electrons. The van der Waals surface area contributed by atoms with Gasteiger partial charge in [0.05, 0.1) is 25.7 Å². The lowest BCUT2D eigenvalue weighted by Gasteiger charge is -2.38. The average molecular weight is 427 g/mol. The molecule has 5 heteroatoms. The second kappa shape index (κ2) is 12.6. The van der Waals surface area contributed by atoms with Crippen molar-refractivity contribution in [3.8, 4) is 6.07 Å². The first kappa shape index (κ1) is 26.8. The molecule has 1 unspecified atom stereocenters. The zero-order valence-corrected chi connectivity index (χ0v) is 21.4. The smallest absolute Gasteiger partial charge is 0.259 e. The minimum atomic E-state index is -1.15. The molecule has 0 aromatic heterocycles. The Labute approximate surface area is 182 Å². The van der Waals surface area contributed by atoms with Gasteiger partial charge in [-0.3, -0.25) is 0 Å². The molecule has 1 rings (SSSR count). The van der Waals surface area contributed by atoms with Crippen LogP contribution in [-0.4, -0.2) is 30.0 Å². The van der Waals surface area contributed by atoms with Gasteiger partial charge in [0.2, 0.25) is 0 Å². The minimum Gasteiger partial charge on any atom is -0.321 e. The first-order chi connectivity index (χ1) is 13.5. The van der Waals surface area contributed by atoms with Gasteiger partial charge in [-0.1, -0.05) is 53.4 Å². The lowest BCUT2D eigenvalue weighted by molar-refractivity contribution is 0.109. The Hall–Kier alpha value is -0.200. The number of rotatable bonds is 14. The van der Waals surface area contributed by atoms with Crippen molar-refractivity contribution in [2.75, 3.05) is 13.2 Å². The lowest BCUT2D eigenvalue weighted by atomic mass is 9.74. The van der Waals surface area contributed by atoms with Crippen LogP contribution in [0.1, 0.15) is 107 Å². The molecule has 170 valence electrons. The van der Waals surface area contributed by atoms with E-state index in [1.807, 2.05) is 0 Å². The number of nitrogens with zero attached hydrogens (tertiary/aromatic N) is 2. The van der Waals surface area contributed by atoms with Crippen LogP contribution in [0.5, 0.6) is 0 Å². The van der Waals surface area contributed by atoms with E-state index in [-0.39, 0.29) is 5.41 Å². The summed E-state index contributed by atoms with van der Waals surface area (Å²) in [6.45, 7) is 19.4. The minimum absolute atomic E-state index is 0.117. The Morgan fingerprint density at radius 2 is 1.52 bits per heavy atom. The number of hydrogen-bond acceptors (Lipinski definition) is 4. The van der Waals surface area contributed by atoms with Crippen LogP contribution >= 0.6 is 8.53 Å². The second-order valence-electron chi connectivity index (χ2n) is 11.0. The highest BCUT2D eigenvalue weighted by atomic mass is 31.2. The fourth-order valence-electron chi connectivity index (χ4n) is 4.39. The summed E-state index contributed by atoms with van der Waals surface area (Å²) in [6, 6.07) is 2.86. The fraction of sp³-hybridized carbons (Fsp3) is 0.958. The lowest BCUT2D eigenvalue weighted by Crippen LogP contribution is -2.34. The molecule has 1 fully saturated rings. The summed E-state index contributed by atoms with van der Waals surface area (Å²) in [5.74, 6) is 0.941. The molecule has 0 bridgehead atoms. The van der Waals surface area contributed by atoms with Crippen molar-refractivity contribution >= 4 is 8.53 Å². The van der Waals surface area contributed by atoms with Gasteiger partial charge in [0, 0.05) is 12.1 Å². The Balaban J connectivity index is 2.61. The Morgan fingerprint density at radius 1 is 0.966 bits per heavy atom. The van der Waals surface area contributed by atoms with Crippen LogP contribution in [0.3, 0.4) is 0 Å². The van der Waals surface area contributed by atoms with Crippen molar-refractivity contribution in [3.05, 3.63) is 0 Å². The number of nitriles is 1. The van der Waals surface area contributed by atoms with Crippen LogP contribution in [0, 0.1) is 28.1 Å². The topological polar surface area (TPSA) is 45.5 Å². The van der Waals surface area contributed by atoms with E-state index in [0.717, 1.165) is 12.3 Å². The summed E-state index contributed by atoms with van der Waals surface area (Å²) in [4.78, 5) is 0. The van der Waals surface area contributed by atoms with Crippen molar-refractivity contribution < 1.29 is 9.05 Å². The molecule has 1 aliphatic carbocycles. The standard InChI is InChI=1S/C24H47N2O2P/c1-20(2)26(21(3)4)29(27-17-11-16-25)28-19-24(7,8)15-14-23(5,6)18-22-12-9-10-13-22/h20-22H,9-15,17-19H2,1-8H3. The van der Waals surface area contributed by atoms with E-state index in [9.17, 15) is 0 Å². The molecule has 0 saturated heterocycles. The normalized spacial score (nSPS) is 17.4. The summed E-state index contributed by atoms with van der Waals surface area (Å²) < 4.78 is 14.8. The van der Waals surface area contributed by atoms with Gasteiger partial charge in [0.15, 0.2) is 0 Å². The van der Waals surface area contributed by atoms with Crippen LogP contribution in [0.25, 0.3) is 0 Å². The molecule has 1 atom stereocenters. The molecule has 0 aromatic rings. The van der Waals surface area contributed by atoms with Gasteiger partial charge in [-0.2, -0.15) is 5.26 Å². The monoisotopic (exact) mass is 426 g/mol. The third-order valence-electron chi connectivity index (χ3n) is 6.02. The summed E-state index contributed by atoms with van der Waals surface area (Å²) in [5, 5.41) is 8.87. The maximum Gasteiger partial charge on any atom is 0.259 e. The van der Waals surface area contributed by atoms with E-state index in [1.54, 1.807) is 0 Å². The first-order valence-electron chi connectivity index (χ1n) is 11.7. The van der Waals surface area contributed by atoms with E-state index >= 15 is 0 Å². The highest BCUT2D eigenvalue weighted by Crippen LogP contribution is 2.48. The van der Waals surface area contributed by atoms with Gasteiger partial charge in [-0.25, -0.2) is 4.67 Å². The summed E-state index contributed by atoms with van der Waals surface area (Å²) in [7, 11) is -1.15. The first-order valence-corrected chi connectivity index (χ1v) is 12.8. The quantitative estimate of drug-likeness (QED) is 0.211. The van der Waals surface area contributed by atoms with Crippen LogP contribution in [0.15, 0.2) is 0 Å². The van der Waals surface area contributed by atoms with Crippen LogP contribution in [0.4, 0.5) is 0 Å². The Morgan fingerprint density at radius 3 is 2.03 bits per heavy atom. The van der Waals surface area contributed by atoms with E-state index in [1.165, 1.54) is 38.5 Å². The third kappa shape index (κ3) is 10.6. The zero-order chi connectivity index (χ0) is 22.1. The molecule has 1 aliphatic rings. The molecule has 0 N–H and O–H groups in total. The Bertz CT molecular complexity index is 486. The van der Waals surface area contributed by atoms with Crippen LogP contribution in [-0.2, 0) is 9.05 Å². The van der Waals surface area contributed by atoms with Gasteiger partial charge >= 0.3 is 0 Å². The SMILES string of the molecule is CC(C)N(C(C)C)P(OCCC#N)OCC(C)(C)CCC(C)(C)CC1CCCC1. The van der Waals surface area contributed by atoms with Gasteiger partial charge < -0.3 is 9.05 Å². The van der Waals surface area contributed by atoms with E-state index in [4.69, 9.17) is 14.3 Å². The molecule has 0 spiro atoms. The summed E-state index contributed by atoms with van der Waals surface area (Å²) >= 11 is 0. The number of hydrogen-bond donors (Lipinski definition) is 0. The van der Waals surface area contributed by atoms with Crippen molar-refractivity contribution in [1.82, 2.24) is 4.67 Å². The molecule has 0 aliphatic heterocycles. The van der Waals surface area contributed by atoms with Gasteiger partial charge in [-0.15, -0.1) is 0 Å². The molecular formula is C24H47N2O2P. The van der Waals surface area contributed by atoms with Crippen molar-refractivity contribution in [2.24, 2.45) is 16.7 Å². The van der Waals surface area contributed by atoms with Gasteiger partial charge in [-0.05, 0) is 63.7 Å². The zero-order valence-electron chi connectivity index (χ0n) is 20.5. The predicted octanol–water partition coefficient (Wildman–Crippen LogP) is 7.69. The summed E-state index contributed by atoms with van der Waals surface area (Å²) in [6.07, 6.45) is 9.90. The molecule has 0 amide bonds. The maximum absolute atomic E-state index is 8.87. The largest absolute Gasteiger partial charge is 0.321 e. The molecule has 1 saturated carbocycles. The highest BCUT2D eigenvalue weighted by molar-refractivity contribution is 7.44. The molecule has 0 aromatic carbocycles. The Kier molecular flexibility index (Phi) is 11.7. The molecular weight excluding hydrogens is 379 g/mol. The van der Waals surface area contributed by atoms with Gasteiger partial charge in [0.25, 0.3) is 8.53 Å². The average Bonchev–Trinajstić information content (AvgIpc) is 3.10. The predicted molar refractivity (Wildman–Crippen MR) is 125 cm³/mol. The summed E-state index contributed by atoms with van der Waals surface area (Å²) in [5.41, 5.74) is 0.522. The third-order valence-corrected chi connectivity index (χ3v) is 8.08. The molecule has 0 heterocycles.